The minimum atomic E-state index is -2.32. The summed E-state index contributed by atoms with van der Waals surface area (Å²) in [5, 5.41) is 0.286. The number of nitrogens with zero attached hydrogens (tertiary/aromatic N) is 4. The molecule has 0 amide bonds. The summed E-state index contributed by atoms with van der Waals surface area (Å²) in [6, 6.07) is -0.181. The molecule has 2 aromatic rings. The van der Waals surface area contributed by atoms with Crippen LogP contribution in [0.25, 0.3) is 11.2 Å². The first-order valence-electron chi connectivity index (χ1n) is 8.12. The number of rotatable bonds is 6. The highest BCUT2D eigenvalue weighted by molar-refractivity contribution is 7.74. The monoisotopic (exact) mass is 404 g/mol. The van der Waals surface area contributed by atoms with Crippen molar-refractivity contribution < 1.29 is 22.4 Å². The number of fused-ring (bicyclic) bond motifs is 1. The number of aromatic nitrogens is 4. The van der Waals surface area contributed by atoms with Crippen molar-refractivity contribution >= 4 is 34.1 Å². The normalized spacial score (nSPS) is 26.1. The van der Waals surface area contributed by atoms with Crippen molar-refractivity contribution in [2.24, 2.45) is 5.92 Å². The van der Waals surface area contributed by atoms with Crippen LogP contribution in [0.4, 0.5) is 0 Å². The molecule has 26 heavy (non-hydrogen) atoms. The van der Waals surface area contributed by atoms with E-state index in [0.717, 1.165) is 0 Å². The molecule has 1 fully saturated rings. The Morgan fingerprint density at radius 3 is 2.73 bits per heavy atom. The zero-order chi connectivity index (χ0) is 19.1. The predicted octanol–water partition coefficient (Wildman–Crippen LogP) is 2.35. The molecule has 1 saturated heterocycles. The van der Waals surface area contributed by atoms with Crippen LogP contribution in [0.1, 0.15) is 33.7 Å². The molecule has 1 aliphatic heterocycles. The number of imidazole rings is 1. The Balaban J connectivity index is 1.88. The Labute approximate surface area is 158 Å². The molecule has 0 radical (unpaired) electrons. The minimum absolute atomic E-state index is 0.0646. The number of hydrogen-bond donors (Lipinski definition) is 1. The molecular weight excluding hydrogens is 384 g/mol. The van der Waals surface area contributed by atoms with Crippen molar-refractivity contribution in [2.45, 2.75) is 51.7 Å². The molecule has 1 N–H and O–H groups in total. The summed E-state index contributed by atoms with van der Waals surface area (Å²) in [5.41, 5.74) is 1.12. The van der Waals surface area contributed by atoms with Crippen LogP contribution in [0.15, 0.2) is 12.7 Å². The lowest BCUT2D eigenvalue weighted by molar-refractivity contribution is -0.153. The van der Waals surface area contributed by atoms with Crippen LogP contribution in [0.3, 0.4) is 0 Å². The van der Waals surface area contributed by atoms with Gasteiger partial charge in [0.1, 0.15) is 17.9 Å². The summed E-state index contributed by atoms with van der Waals surface area (Å²) in [5.74, 6) is -0.965. The predicted molar refractivity (Wildman–Crippen MR) is 94.8 cm³/mol. The lowest BCUT2D eigenvalue weighted by Gasteiger charge is -2.27. The van der Waals surface area contributed by atoms with Gasteiger partial charge in [0.15, 0.2) is 16.6 Å². The van der Waals surface area contributed by atoms with Crippen LogP contribution >= 0.6 is 11.6 Å². The van der Waals surface area contributed by atoms with E-state index in [1.807, 2.05) is 32.3 Å². The van der Waals surface area contributed by atoms with Gasteiger partial charge in [-0.3, -0.25) is 8.74 Å². The fourth-order valence-electron chi connectivity index (χ4n) is 3.17. The second kappa shape index (κ2) is 7.45. The first-order chi connectivity index (χ1) is 12.2. The summed E-state index contributed by atoms with van der Waals surface area (Å²) in [7, 11) is 0. The summed E-state index contributed by atoms with van der Waals surface area (Å²) in [6.07, 6.45) is 2.34. The quantitative estimate of drug-likeness (QED) is 0.577. The van der Waals surface area contributed by atoms with E-state index in [2.05, 4.69) is 15.0 Å². The van der Waals surface area contributed by atoms with Crippen LogP contribution in [0, 0.1) is 5.92 Å². The summed E-state index contributed by atoms with van der Waals surface area (Å²) in [6.45, 7) is 7.57. The molecule has 1 unspecified atom stereocenters. The summed E-state index contributed by atoms with van der Waals surface area (Å²) < 4.78 is 38.5. The zero-order valence-corrected chi connectivity index (χ0v) is 16.4. The Kier molecular flexibility index (Phi) is 5.61. The fourth-order valence-corrected chi connectivity index (χ4v) is 3.68. The lowest BCUT2D eigenvalue weighted by Crippen LogP contribution is -2.37. The number of hydrogen-bond acceptors (Lipinski definition) is 7. The maximum absolute atomic E-state index is 10.8. The molecular formula is C15H21ClN4O5S. The molecule has 0 spiro atoms. The van der Waals surface area contributed by atoms with Crippen molar-refractivity contribution in [3.05, 3.63) is 17.8 Å². The molecule has 3 heterocycles. The van der Waals surface area contributed by atoms with Crippen molar-refractivity contribution in [3.8, 4) is 0 Å². The van der Waals surface area contributed by atoms with E-state index in [-0.39, 0.29) is 35.9 Å². The Morgan fingerprint density at radius 2 is 2.04 bits per heavy atom. The molecule has 11 heteroatoms. The van der Waals surface area contributed by atoms with Gasteiger partial charge in [0.05, 0.1) is 25.1 Å². The standard InChI is InChI=1S/C15H21ClN4O5S/c1-8(5-23-26(21)22)11-12(25-15(3,4)24-11)9(2)20-7-19-10-13(16)17-6-18-14(10)20/h6-9,11-12H,5H2,1-4H3,(H,21,22)/t8-,9-,11-,12+/m1/s1. The van der Waals surface area contributed by atoms with Gasteiger partial charge in [-0.1, -0.05) is 18.5 Å². The molecule has 1 aliphatic rings. The molecule has 2 aromatic heterocycles. The van der Waals surface area contributed by atoms with E-state index in [9.17, 15) is 4.21 Å². The Bertz CT molecular complexity index is 816. The molecule has 3 rings (SSSR count). The molecule has 144 valence electrons. The largest absolute Gasteiger partial charge is 0.344 e. The summed E-state index contributed by atoms with van der Waals surface area (Å²) in [4.78, 5) is 12.5. The van der Waals surface area contributed by atoms with Gasteiger partial charge in [0.25, 0.3) is 0 Å². The highest BCUT2D eigenvalue weighted by Gasteiger charge is 2.47. The average Bonchev–Trinajstić information content (AvgIpc) is 3.13. The van der Waals surface area contributed by atoms with E-state index < -0.39 is 17.1 Å². The maximum Gasteiger partial charge on any atom is 0.301 e. The van der Waals surface area contributed by atoms with E-state index in [1.165, 1.54) is 6.33 Å². The minimum Gasteiger partial charge on any atom is -0.344 e. The molecule has 0 bridgehead atoms. The third-order valence-corrected chi connectivity index (χ3v) is 5.00. The lowest BCUT2D eigenvalue weighted by atomic mass is 9.96. The van der Waals surface area contributed by atoms with Gasteiger partial charge < -0.3 is 14.0 Å². The molecule has 5 atom stereocenters. The number of ether oxygens (including phenoxy) is 2. The van der Waals surface area contributed by atoms with Gasteiger partial charge in [-0.25, -0.2) is 15.0 Å². The van der Waals surface area contributed by atoms with Crippen molar-refractivity contribution in [2.75, 3.05) is 6.61 Å². The van der Waals surface area contributed by atoms with E-state index in [0.29, 0.717) is 11.2 Å². The average molecular weight is 405 g/mol. The van der Waals surface area contributed by atoms with E-state index >= 15 is 0 Å². The van der Waals surface area contributed by atoms with Gasteiger partial charge in [0, 0.05) is 5.92 Å². The summed E-state index contributed by atoms with van der Waals surface area (Å²) >= 11 is 3.76. The molecule has 0 aliphatic carbocycles. The number of halogens is 1. The van der Waals surface area contributed by atoms with Gasteiger partial charge in [-0.05, 0) is 20.8 Å². The second-order valence-electron chi connectivity index (χ2n) is 6.77. The molecule has 9 nitrogen and oxygen atoms in total. The first-order valence-corrected chi connectivity index (χ1v) is 9.53. The zero-order valence-electron chi connectivity index (χ0n) is 14.8. The van der Waals surface area contributed by atoms with Gasteiger partial charge in [-0.2, -0.15) is 4.21 Å². The molecule has 0 aromatic carbocycles. The van der Waals surface area contributed by atoms with Crippen molar-refractivity contribution in [1.29, 1.82) is 0 Å². The second-order valence-corrected chi connectivity index (χ2v) is 7.80. The van der Waals surface area contributed by atoms with Gasteiger partial charge in [-0.15, -0.1) is 0 Å². The Hall–Kier alpha value is -1.17. The van der Waals surface area contributed by atoms with Gasteiger partial charge >= 0.3 is 11.4 Å². The van der Waals surface area contributed by atoms with Crippen LogP contribution < -0.4 is 0 Å². The van der Waals surface area contributed by atoms with Crippen LogP contribution in [-0.4, -0.2) is 52.9 Å². The SMILES string of the molecule is C[C@H](COS(=O)O)[C@H]1OC(C)(C)O[C@H]1[C@@H](C)n1cnc2c(Cl)ncnc21. The third kappa shape index (κ3) is 3.90. The highest BCUT2D eigenvalue weighted by atomic mass is 35.5. The highest BCUT2D eigenvalue weighted by Crippen LogP contribution is 2.38. The topological polar surface area (TPSA) is 109 Å². The van der Waals surface area contributed by atoms with Crippen molar-refractivity contribution in [3.63, 3.8) is 0 Å². The Morgan fingerprint density at radius 1 is 1.35 bits per heavy atom. The van der Waals surface area contributed by atoms with E-state index in [4.69, 9.17) is 29.8 Å². The molecule has 0 saturated carbocycles. The van der Waals surface area contributed by atoms with Crippen LogP contribution in [0.5, 0.6) is 0 Å². The maximum atomic E-state index is 10.8. The van der Waals surface area contributed by atoms with E-state index in [1.54, 1.807) is 6.33 Å². The van der Waals surface area contributed by atoms with Gasteiger partial charge in [0.2, 0.25) is 0 Å². The van der Waals surface area contributed by atoms with Crippen molar-refractivity contribution in [1.82, 2.24) is 19.5 Å². The van der Waals surface area contributed by atoms with Crippen LogP contribution in [0.2, 0.25) is 5.15 Å². The fraction of sp³-hybridized carbons (Fsp3) is 0.667. The van der Waals surface area contributed by atoms with Crippen LogP contribution in [-0.2, 0) is 25.0 Å². The third-order valence-electron chi connectivity index (χ3n) is 4.38. The first kappa shape index (κ1) is 19.6. The smallest absolute Gasteiger partial charge is 0.301 e.